The van der Waals surface area contributed by atoms with Crippen molar-refractivity contribution in [3.8, 4) is 0 Å². The largest absolute Gasteiger partial charge is 0.396 e. The summed E-state index contributed by atoms with van der Waals surface area (Å²) in [5.74, 6) is 0.930. The highest BCUT2D eigenvalue weighted by Crippen LogP contribution is 2.14. The molecule has 2 heterocycles. The number of hydrogen-bond donors (Lipinski definition) is 2. The van der Waals surface area contributed by atoms with Crippen LogP contribution in [0.2, 0.25) is 0 Å². The molecule has 0 saturated heterocycles. The van der Waals surface area contributed by atoms with Gasteiger partial charge in [0.1, 0.15) is 0 Å². The molecule has 0 saturated carbocycles. The van der Waals surface area contributed by atoms with Crippen molar-refractivity contribution in [1.82, 2.24) is 15.1 Å². The van der Waals surface area contributed by atoms with Crippen molar-refractivity contribution in [3.05, 3.63) is 27.8 Å². The van der Waals surface area contributed by atoms with Crippen LogP contribution in [0.1, 0.15) is 34.9 Å². The highest BCUT2D eigenvalue weighted by Gasteiger charge is 2.14. The highest BCUT2D eigenvalue weighted by molar-refractivity contribution is 7.09. The van der Waals surface area contributed by atoms with E-state index in [1.54, 1.807) is 11.3 Å². The summed E-state index contributed by atoms with van der Waals surface area (Å²) in [6.45, 7) is 1.96. The fourth-order valence-electron chi connectivity index (χ4n) is 1.40. The third-order valence-electron chi connectivity index (χ3n) is 2.25. The lowest BCUT2D eigenvalue weighted by Crippen LogP contribution is -2.12. The van der Waals surface area contributed by atoms with E-state index in [2.05, 4.69) is 15.1 Å². The van der Waals surface area contributed by atoms with Gasteiger partial charge in [-0.2, -0.15) is 4.98 Å². The zero-order valence-corrected chi connectivity index (χ0v) is 10.3. The number of aliphatic hydroxyl groups is 1. The van der Waals surface area contributed by atoms with Gasteiger partial charge in [-0.25, -0.2) is 4.98 Å². The van der Waals surface area contributed by atoms with Gasteiger partial charge in [0, 0.05) is 12.0 Å². The minimum Gasteiger partial charge on any atom is -0.396 e. The summed E-state index contributed by atoms with van der Waals surface area (Å²) >= 11 is 1.59. The van der Waals surface area contributed by atoms with Crippen molar-refractivity contribution in [1.29, 1.82) is 0 Å². The first-order valence-corrected chi connectivity index (χ1v) is 6.17. The fourth-order valence-corrected chi connectivity index (χ4v) is 2.02. The lowest BCUT2D eigenvalue weighted by atomic mass is 10.2. The summed E-state index contributed by atoms with van der Waals surface area (Å²) < 4.78 is 5.04. The van der Waals surface area contributed by atoms with Crippen molar-refractivity contribution < 1.29 is 9.63 Å². The van der Waals surface area contributed by atoms with Gasteiger partial charge in [-0.15, -0.1) is 11.3 Å². The summed E-state index contributed by atoms with van der Waals surface area (Å²) in [6, 6.07) is -0.404. The molecule has 0 bridgehead atoms. The maximum Gasteiger partial charge on any atom is 0.243 e. The third-order valence-corrected chi connectivity index (χ3v) is 3.07. The molecule has 0 radical (unpaired) electrons. The standard InChI is InChI=1S/C10H14N4O2S/c1-6-12-7(5-17-6)4-9-13-10(16-14-9)8(11)2-3-15/h5,8,15H,2-4,11H2,1H3. The first kappa shape index (κ1) is 12.2. The Morgan fingerprint density at radius 2 is 2.35 bits per heavy atom. The number of aliphatic hydroxyl groups excluding tert-OH is 1. The van der Waals surface area contributed by atoms with Crippen LogP contribution in [0.4, 0.5) is 0 Å². The fraction of sp³-hybridized carbons (Fsp3) is 0.500. The Bertz CT molecular complexity index is 482. The van der Waals surface area contributed by atoms with Gasteiger partial charge >= 0.3 is 0 Å². The summed E-state index contributed by atoms with van der Waals surface area (Å²) in [7, 11) is 0. The van der Waals surface area contributed by atoms with Gasteiger partial charge in [0.15, 0.2) is 5.82 Å². The average molecular weight is 254 g/mol. The van der Waals surface area contributed by atoms with Crippen LogP contribution < -0.4 is 5.73 Å². The minimum atomic E-state index is -0.404. The van der Waals surface area contributed by atoms with Crippen molar-refractivity contribution in [2.75, 3.05) is 6.61 Å². The van der Waals surface area contributed by atoms with Crippen LogP contribution in [0.3, 0.4) is 0 Å². The molecule has 1 unspecified atom stereocenters. The van der Waals surface area contributed by atoms with Crippen molar-refractivity contribution in [2.24, 2.45) is 5.73 Å². The van der Waals surface area contributed by atoms with E-state index in [1.807, 2.05) is 12.3 Å². The van der Waals surface area contributed by atoms with Crippen LogP contribution in [0, 0.1) is 6.92 Å². The normalized spacial score (nSPS) is 12.9. The van der Waals surface area contributed by atoms with Gasteiger partial charge in [0.05, 0.1) is 23.2 Å². The van der Waals surface area contributed by atoms with Gasteiger partial charge < -0.3 is 15.4 Å². The van der Waals surface area contributed by atoms with E-state index in [9.17, 15) is 0 Å². The van der Waals surface area contributed by atoms with E-state index in [1.165, 1.54) is 0 Å². The van der Waals surface area contributed by atoms with Crippen molar-refractivity contribution >= 4 is 11.3 Å². The van der Waals surface area contributed by atoms with Crippen molar-refractivity contribution in [3.63, 3.8) is 0 Å². The summed E-state index contributed by atoms with van der Waals surface area (Å²) in [5.41, 5.74) is 6.67. The first-order chi connectivity index (χ1) is 8.19. The van der Waals surface area contributed by atoms with Crippen LogP contribution in [0.25, 0.3) is 0 Å². The van der Waals surface area contributed by atoms with E-state index < -0.39 is 6.04 Å². The van der Waals surface area contributed by atoms with E-state index in [0.717, 1.165) is 10.7 Å². The number of thiazole rings is 1. The number of hydrogen-bond acceptors (Lipinski definition) is 7. The molecule has 0 aliphatic heterocycles. The predicted octanol–water partition coefficient (Wildman–Crippen LogP) is 0.808. The lowest BCUT2D eigenvalue weighted by Gasteiger charge is -2.01. The molecule has 7 heteroatoms. The Balaban J connectivity index is 2.03. The summed E-state index contributed by atoms with van der Waals surface area (Å²) in [6.07, 6.45) is 0.955. The van der Waals surface area contributed by atoms with E-state index in [0.29, 0.717) is 24.6 Å². The molecule has 0 aliphatic carbocycles. The SMILES string of the molecule is Cc1nc(Cc2noc(C(N)CCO)n2)cs1. The average Bonchev–Trinajstić information content (AvgIpc) is 2.89. The molecule has 2 aromatic rings. The Hall–Kier alpha value is -1.31. The Kier molecular flexibility index (Phi) is 3.82. The molecule has 3 N–H and O–H groups in total. The number of rotatable bonds is 5. The third kappa shape index (κ3) is 3.09. The van der Waals surface area contributed by atoms with Gasteiger partial charge in [-0.3, -0.25) is 0 Å². The summed E-state index contributed by atoms with van der Waals surface area (Å²) in [4.78, 5) is 8.51. The monoisotopic (exact) mass is 254 g/mol. The molecule has 0 fully saturated rings. The second-order valence-corrected chi connectivity index (χ2v) is 4.76. The van der Waals surface area contributed by atoms with Crippen molar-refractivity contribution in [2.45, 2.75) is 25.8 Å². The van der Waals surface area contributed by atoms with Crippen LogP contribution >= 0.6 is 11.3 Å². The molecule has 6 nitrogen and oxygen atoms in total. The Labute approximate surface area is 102 Å². The molecular formula is C10H14N4O2S. The van der Waals surface area contributed by atoms with Crippen LogP contribution in [-0.4, -0.2) is 26.8 Å². The van der Waals surface area contributed by atoms with Gasteiger partial charge in [-0.05, 0) is 13.3 Å². The number of nitrogens with zero attached hydrogens (tertiary/aromatic N) is 3. The minimum absolute atomic E-state index is 0.00413. The van der Waals surface area contributed by atoms with Crippen LogP contribution in [0.15, 0.2) is 9.90 Å². The molecule has 2 rings (SSSR count). The molecule has 0 spiro atoms. The topological polar surface area (TPSA) is 98.1 Å². The maximum atomic E-state index is 8.76. The highest BCUT2D eigenvalue weighted by atomic mass is 32.1. The second-order valence-electron chi connectivity index (χ2n) is 3.70. The van der Waals surface area contributed by atoms with Gasteiger partial charge in [-0.1, -0.05) is 5.16 Å². The molecule has 0 aromatic carbocycles. The molecule has 92 valence electrons. The molecule has 0 aliphatic rings. The van der Waals surface area contributed by atoms with Crippen LogP contribution in [0.5, 0.6) is 0 Å². The molecule has 2 aromatic heterocycles. The Morgan fingerprint density at radius 1 is 1.53 bits per heavy atom. The molecule has 1 atom stereocenters. The van der Waals surface area contributed by atoms with Gasteiger partial charge in [0.2, 0.25) is 5.89 Å². The summed E-state index contributed by atoms with van der Waals surface area (Å²) in [5, 5.41) is 15.6. The first-order valence-electron chi connectivity index (χ1n) is 5.29. The van der Waals surface area contributed by atoms with E-state index in [4.69, 9.17) is 15.4 Å². The Morgan fingerprint density at radius 3 is 3.00 bits per heavy atom. The number of aromatic nitrogens is 3. The lowest BCUT2D eigenvalue weighted by molar-refractivity contribution is 0.259. The molecule has 0 amide bonds. The number of aryl methyl sites for hydroxylation is 1. The molecular weight excluding hydrogens is 240 g/mol. The van der Waals surface area contributed by atoms with E-state index >= 15 is 0 Å². The zero-order valence-electron chi connectivity index (χ0n) is 9.46. The smallest absolute Gasteiger partial charge is 0.243 e. The number of nitrogens with two attached hydrogens (primary N) is 1. The molecule has 17 heavy (non-hydrogen) atoms. The van der Waals surface area contributed by atoms with E-state index in [-0.39, 0.29) is 6.61 Å². The predicted molar refractivity (Wildman–Crippen MR) is 62.6 cm³/mol. The zero-order chi connectivity index (χ0) is 12.3. The van der Waals surface area contributed by atoms with Crippen LogP contribution in [-0.2, 0) is 6.42 Å². The maximum absolute atomic E-state index is 8.76. The second kappa shape index (κ2) is 5.35. The van der Waals surface area contributed by atoms with Gasteiger partial charge in [0.25, 0.3) is 0 Å². The quantitative estimate of drug-likeness (QED) is 0.819.